The quantitative estimate of drug-likeness (QED) is 0.921. The van der Waals surface area contributed by atoms with Crippen molar-refractivity contribution in [3.63, 3.8) is 0 Å². The van der Waals surface area contributed by atoms with Crippen molar-refractivity contribution in [2.75, 3.05) is 0 Å². The summed E-state index contributed by atoms with van der Waals surface area (Å²) >= 11 is 6.37. The molecule has 2 unspecified atom stereocenters. The Kier molecular flexibility index (Phi) is 4.05. The Labute approximate surface area is 131 Å². The Morgan fingerprint density at radius 3 is 2.86 bits per heavy atom. The van der Waals surface area contributed by atoms with Gasteiger partial charge in [-0.1, -0.05) is 35.9 Å². The fraction of sp³-hybridized carbons (Fsp3) is 0.471. The topological polar surface area (TPSA) is 43.8 Å². The zero-order chi connectivity index (χ0) is 15.0. The highest BCUT2D eigenvalue weighted by Gasteiger charge is 2.30. The first-order valence-corrected chi connectivity index (χ1v) is 8.03. The predicted octanol–water partition coefficient (Wildman–Crippen LogP) is 4.24. The molecule has 1 aliphatic rings. The van der Waals surface area contributed by atoms with Gasteiger partial charge in [0.05, 0.1) is 23.0 Å². The Hall–Kier alpha value is -1.32. The van der Waals surface area contributed by atoms with Crippen molar-refractivity contribution in [2.24, 2.45) is 5.73 Å². The van der Waals surface area contributed by atoms with E-state index < -0.39 is 0 Å². The van der Waals surface area contributed by atoms with Crippen LogP contribution >= 0.6 is 11.6 Å². The van der Waals surface area contributed by atoms with E-state index in [4.69, 9.17) is 17.3 Å². The van der Waals surface area contributed by atoms with Crippen LogP contribution in [0.3, 0.4) is 0 Å². The summed E-state index contributed by atoms with van der Waals surface area (Å²) in [4.78, 5) is 0. The van der Waals surface area contributed by atoms with E-state index in [1.165, 1.54) is 17.5 Å². The lowest BCUT2D eigenvalue weighted by Gasteiger charge is -2.31. The summed E-state index contributed by atoms with van der Waals surface area (Å²) in [5.74, 6) is 0.321. The molecule has 3 rings (SSSR count). The number of halogens is 1. The summed E-state index contributed by atoms with van der Waals surface area (Å²) in [5.41, 5.74) is 10.4. The number of aromatic nitrogens is 2. The lowest BCUT2D eigenvalue weighted by molar-refractivity contribution is 0.423. The number of fused-ring (bicyclic) bond motifs is 1. The minimum absolute atomic E-state index is 0.108. The van der Waals surface area contributed by atoms with Crippen molar-refractivity contribution in [3.05, 3.63) is 52.3 Å². The van der Waals surface area contributed by atoms with Crippen LogP contribution in [0.2, 0.25) is 5.02 Å². The van der Waals surface area contributed by atoms with Crippen LogP contribution in [0, 0.1) is 0 Å². The van der Waals surface area contributed by atoms with Gasteiger partial charge >= 0.3 is 0 Å². The molecule has 1 aromatic heterocycles. The number of benzene rings is 1. The molecule has 0 aliphatic heterocycles. The van der Waals surface area contributed by atoms with Gasteiger partial charge in [-0.2, -0.15) is 5.10 Å². The summed E-state index contributed by atoms with van der Waals surface area (Å²) in [6, 6.07) is 8.79. The van der Waals surface area contributed by atoms with Crippen LogP contribution in [0.25, 0.3) is 0 Å². The van der Waals surface area contributed by atoms with E-state index in [9.17, 15) is 0 Å². The zero-order valence-electron chi connectivity index (χ0n) is 12.6. The van der Waals surface area contributed by atoms with Crippen molar-refractivity contribution in [1.82, 2.24) is 9.78 Å². The maximum Gasteiger partial charge on any atom is 0.0834 e. The van der Waals surface area contributed by atoms with Gasteiger partial charge in [-0.3, -0.25) is 4.68 Å². The summed E-state index contributed by atoms with van der Waals surface area (Å²) in [7, 11) is 0. The summed E-state index contributed by atoms with van der Waals surface area (Å²) < 4.78 is 1.96. The predicted molar refractivity (Wildman–Crippen MR) is 86.7 cm³/mol. The van der Waals surface area contributed by atoms with E-state index >= 15 is 0 Å². The van der Waals surface area contributed by atoms with Crippen LogP contribution < -0.4 is 5.73 Å². The lowest BCUT2D eigenvalue weighted by atomic mass is 9.78. The van der Waals surface area contributed by atoms with Crippen LogP contribution in [0.1, 0.15) is 61.5 Å². The fourth-order valence-corrected chi connectivity index (χ4v) is 3.69. The fourth-order valence-electron chi connectivity index (χ4n) is 3.43. The van der Waals surface area contributed by atoms with Crippen molar-refractivity contribution in [2.45, 2.75) is 51.1 Å². The Morgan fingerprint density at radius 2 is 2.10 bits per heavy atom. The molecule has 1 aromatic carbocycles. The van der Waals surface area contributed by atoms with Gasteiger partial charge in [0.1, 0.15) is 0 Å². The maximum absolute atomic E-state index is 6.62. The molecule has 2 aromatic rings. The number of rotatable bonds is 3. The first-order chi connectivity index (χ1) is 10.1. The molecule has 21 heavy (non-hydrogen) atoms. The summed E-state index contributed by atoms with van der Waals surface area (Å²) in [5, 5.41) is 5.07. The number of aryl methyl sites for hydroxylation is 1. The highest BCUT2D eigenvalue weighted by molar-refractivity contribution is 6.31. The third-order valence-electron chi connectivity index (χ3n) is 4.44. The van der Waals surface area contributed by atoms with Gasteiger partial charge < -0.3 is 5.73 Å². The largest absolute Gasteiger partial charge is 0.322 e. The van der Waals surface area contributed by atoms with Crippen molar-refractivity contribution in [3.8, 4) is 0 Å². The molecule has 0 amide bonds. The normalized spacial score (nSPS) is 19.6. The summed E-state index contributed by atoms with van der Waals surface area (Å²) in [6.45, 7) is 4.21. The Balaban J connectivity index is 2.01. The standard InChI is InChI=1S/C17H22ClN3/c1-11(2)21-17(15(18)10-20-21)16(19)14-9-5-7-12-6-3-4-8-13(12)14/h3-4,6,8,10-11,14,16H,5,7,9,19H2,1-2H3. The van der Waals surface area contributed by atoms with Crippen molar-refractivity contribution in [1.29, 1.82) is 0 Å². The zero-order valence-corrected chi connectivity index (χ0v) is 13.3. The second-order valence-electron chi connectivity index (χ2n) is 6.14. The van der Waals surface area contributed by atoms with Gasteiger partial charge in [0.2, 0.25) is 0 Å². The van der Waals surface area contributed by atoms with Gasteiger partial charge in [-0.05, 0) is 44.2 Å². The number of hydrogen-bond acceptors (Lipinski definition) is 2. The van der Waals surface area contributed by atoms with Crippen LogP contribution in [0.15, 0.2) is 30.5 Å². The molecule has 3 nitrogen and oxygen atoms in total. The third-order valence-corrected chi connectivity index (χ3v) is 4.73. The minimum atomic E-state index is -0.108. The van der Waals surface area contributed by atoms with E-state index in [-0.39, 0.29) is 12.1 Å². The van der Waals surface area contributed by atoms with Gasteiger partial charge in [0, 0.05) is 12.0 Å². The van der Waals surface area contributed by atoms with E-state index in [0.29, 0.717) is 10.9 Å². The minimum Gasteiger partial charge on any atom is -0.322 e. The van der Waals surface area contributed by atoms with Crippen molar-refractivity contribution < 1.29 is 0 Å². The number of nitrogens with two attached hydrogens (primary N) is 1. The molecular formula is C17H22ClN3. The molecule has 0 fully saturated rings. The number of hydrogen-bond donors (Lipinski definition) is 1. The van der Waals surface area contributed by atoms with Gasteiger partial charge in [0.15, 0.2) is 0 Å². The average Bonchev–Trinajstić information content (AvgIpc) is 2.88. The highest BCUT2D eigenvalue weighted by Crippen LogP contribution is 2.41. The van der Waals surface area contributed by atoms with Crippen LogP contribution in [0.4, 0.5) is 0 Å². The van der Waals surface area contributed by atoms with Crippen LogP contribution in [-0.4, -0.2) is 9.78 Å². The highest BCUT2D eigenvalue weighted by atomic mass is 35.5. The molecular weight excluding hydrogens is 282 g/mol. The van der Waals surface area contributed by atoms with Crippen LogP contribution in [0.5, 0.6) is 0 Å². The second kappa shape index (κ2) is 5.82. The molecule has 4 heteroatoms. The van der Waals surface area contributed by atoms with E-state index in [0.717, 1.165) is 18.5 Å². The van der Waals surface area contributed by atoms with Crippen LogP contribution in [-0.2, 0) is 6.42 Å². The number of nitrogens with zero attached hydrogens (tertiary/aromatic N) is 2. The molecule has 0 radical (unpaired) electrons. The Morgan fingerprint density at radius 1 is 1.33 bits per heavy atom. The van der Waals surface area contributed by atoms with Gasteiger partial charge in [0.25, 0.3) is 0 Å². The lowest BCUT2D eigenvalue weighted by Crippen LogP contribution is -2.27. The molecule has 0 saturated carbocycles. The summed E-state index contributed by atoms with van der Waals surface area (Å²) in [6.07, 6.45) is 5.16. The SMILES string of the molecule is CC(C)n1ncc(Cl)c1C(N)C1CCCc2ccccc21. The molecule has 0 spiro atoms. The van der Waals surface area contributed by atoms with Gasteiger partial charge in [-0.25, -0.2) is 0 Å². The molecule has 0 saturated heterocycles. The molecule has 0 bridgehead atoms. The van der Waals surface area contributed by atoms with Gasteiger partial charge in [-0.15, -0.1) is 0 Å². The van der Waals surface area contributed by atoms with E-state index in [2.05, 4.69) is 43.2 Å². The monoisotopic (exact) mass is 303 g/mol. The van der Waals surface area contributed by atoms with Crippen molar-refractivity contribution >= 4 is 11.6 Å². The second-order valence-corrected chi connectivity index (χ2v) is 6.55. The van der Waals surface area contributed by atoms with E-state index in [1.807, 2.05) is 4.68 Å². The first kappa shape index (κ1) is 14.6. The average molecular weight is 304 g/mol. The smallest absolute Gasteiger partial charge is 0.0834 e. The molecule has 112 valence electrons. The van der Waals surface area contributed by atoms with E-state index in [1.54, 1.807) is 6.20 Å². The third kappa shape index (κ3) is 2.60. The molecule has 2 N–H and O–H groups in total. The molecule has 1 heterocycles. The maximum atomic E-state index is 6.62. The molecule has 2 atom stereocenters. The Bertz CT molecular complexity index is 633. The first-order valence-electron chi connectivity index (χ1n) is 7.66. The molecule has 1 aliphatic carbocycles.